The van der Waals surface area contributed by atoms with Crippen LogP contribution in [0.5, 0.6) is 0 Å². The molecule has 1 aromatic rings. The summed E-state index contributed by atoms with van der Waals surface area (Å²) in [4.78, 5) is 18.1. The molecule has 1 fully saturated rings. The normalized spacial score (nSPS) is 27.8. The lowest BCUT2D eigenvalue weighted by Gasteiger charge is -2.41. The molecule has 0 saturated heterocycles. The van der Waals surface area contributed by atoms with Gasteiger partial charge in [-0.05, 0) is 45.4 Å². The van der Waals surface area contributed by atoms with Gasteiger partial charge < -0.3 is 15.6 Å². The van der Waals surface area contributed by atoms with Crippen LogP contribution in [0.3, 0.4) is 0 Å². The van der Waals surface area contributed by atoms with Gasteiger partial charge in [-0.1, -0.05) is 11.8 Å². The Morgan fingerprint density at radius 1 is 1.48 bits per heavy atom. The zero-order valence-corrected chi connectivity index (χ0v) is 16.8. The summed E-state index contributed by atoms with van der Waals surface area (Å²) in [5.74, 6) is 0.314. The van der Waals surface area contributed by atoms with Crippen LogP contribution in [0.4, 0.5) is 14.9 Å². The summed E-state index contributed by atoms with van der Waals surface area (Å²) >= 11 is 1.40. The first kappa shape index (κ1) is 19.9. The van der Waals surface area contributed by atoms with Crippen molar-refractivity contribution in [1.29, 1.82) is 0 Å². The molecular formula is C19H26FN3O3S. The number of rotatable bonds is 2. The number of nitrogens with two attached hydrogens (primary N) is 1. The van der Waals surface area contributed by atoms with Gasteiger partial charge in [0, 0.05) is 42.0 Å². The maximum Gasteiger partial charge on any atom is 0.413 e. The number of thioether (sulfide) groups is 1. The first-order valence-electron chi connectivity index (χ1n) is 8.92. The predicted molar refractivity (Wildman–Crippen MR) is 106 cm³/mol. The SMILES string of the molecule is CO[C@H]1C[C@H]2CSC(N(C(=O)O)C(C)(C)C)=N[C@@]2(c2cc(N)ccc2F)C1. The third kappa shape index (κ3) is 3.52. The van der Waals surface area contributed by atoms with Crippen LogP contribution in [-0.2, 0) is 10.3 Å². The maximum atomic E-state index is 14.8. The molecule has 1 aliphatic heterocycles. The molecule has 6 nitrogen and oxygen atoms in total. The van der Waals surface area contributed by atoms with Crippen molar-refractivity contribution in [2.24, 2.45) is 10.9 Å². The lowest BCUT2D eigenvalue weighted by Crippen LogP contribution is -2.50. The zero-order valence-electron chi connectivity index (χ0n) is 16.0. The summed E-state index contributed by atoms with van der Waals surface area (Å²) in [6.07, 6.45) is 0.108. The standard InChI is InChI=1S/C19H26FN3O3S/c1-18(2,3)23(17(24)25)16-22-19(14-8-12(21)5-6-15(14)20)9-13(26-4)7-11(19)10-27-16/h5-6,8,11,13H,7,9-10,21H2,1-4H3,(H,24,25)/t11-,13-,19-/m0/s1. The van der Waals surface area contributed by atoms with Crippen molar-refractivity contribution < 1.29 is 19.0 Å². The number of nitrogens with zero attached hydrogens (tertiary/aromatic N) is 2. The Morgan fingerprint density at radius 2 is 2.19 bits per heavy atom. The second-order valence-corrected chi connectivity index (χ2v) is 9.14. The number of fused-ring (bicyclic) bond motifs is 1. The molecule has 1 heterocycles. The molecule has 1 saturated carbocycles. The first-order chi connectivity index (χ1) is 12.6. The van der Waals surface area contributed by atoms with Crippen LogP contribution < -0.4 is 5.73 Å². The highest BCUT2D eigenvalue weighted by atomic mass is 32.2. The molecule has 0 bridgehead atoms. The van der Waals surface area contributed by atoms with Crippen molar-refractivity contribution in [3.8, 4) is 0 Å². The summed E-state index contributed by atoms with van der Waals surface area (Å²) in [5.41, 5.74) is 5.27. The molecule has 8 heteroatoms. The van der Waals surface area contributed by atoms with Crippen LogP contribution in [0.1, 0.15) is 39.2 Å². The number of aliphatic imine (C=N–C) groups is 1. The number of carbonyl (C=O) groups is 1. The van der Waals surface area contributed by atoms with E-state index < -0.39 is 17.2 Å². The predicted octanol–water partition coefficient (Wildman–Crippen LogP) is 3.91. The fourth-order valence-electron chi connectivity index (χ4n) is 4.04. The van der Waals surface area contributed by atoms with E-state index in [9.17, 15) is 14.3 Å². The van der Waals surface area contributed by atoms with Gasteiger partial charge in [0.2, 0.25) is 0 Å². The molecule has 3 rings (SSSR count). The fourth-order valence-corrected chi connectivity index (χ4v) is 5.52. The van der Waals surface area contributed by atoms with Gasteiger partial charge in [-0.25, -0.2) is 14.2 Å². The number of amides is 1. The van der Waals surface area contributed by atoms with Crippen LogP contribution in [-0.4, -0.2) is 45.8 Å². The van der Waals surface area contributed by atoms with E-state index in [4.69, 9.17) is 15.5 Å². The molecule has 3 atom stereocenters. The van der Waals surface area contributed by atoms with Gasteiger partial charge in [0.05, 0.1) is 11.6 Å². The molecule has 0 unspecified atom stereocenters. The van der Waals surface area contributed by atoms with Crippen LogP contribution in [0.2, 0.25) is 0 Å². The Morgan fingerprint density at radius 3 is 2.78 bits per heavy atom. The number of carboxylic acid groups (broad SMARTS) is 1. The van der Waals surface area contributed by atoms with Gasteiger partial charge >= 0.3 is 6.09 Å². The minimum Gasteiger partial charge on any atom is -0.465 e. The van der Waals surface area contributed by atoms with E-state index in [1.165, 1.54) is 28.8 Å². The average Bonchev–Trinajstić information content (AvgIpc) is 2.94. The second kappa shape index (κ2) is 6.98. The minimum atomic E-state index is -1.07. The summed E-state index contributed by atoms with van der Waals surface area (Å²) < 4.78 is 20.4. The number of hydrogen-bond donors (Lipinski definition) is 2. The summed E-state index contributed by atoms with van der Waals surface area (Å²) in [6.45, 7) is 5.45. The molecule has 1 aromatic carbocycles. The van der Waals surface area contributed by atoms with Crippen LogP contribution in [0.15, 0.2) is 23.2 Å². The second-order valence-electron chi connectivity index (χ2n) is 8.15. The van der Waals surface area contributed by atoms with Gasteiger partial charge in [0.25, 0.3) is 0 Å². The summed E-state index contributed by atoms with van der Waals surface area (Å²) in [5, 5.41) is 10.2. The Kier molecular flexibility index (Phi) is 5.16. The minimum absolute atomic E-state index is 0.0445. The van der Waals surface area contributed by atoms with Gasteiger partial charge in [-0.15, -0.1) is 0 Å². The number of methoxy groups -OCH3 is 1. The average molecular weight is 396 g/mol. The van der Waals surface area contributed by atoms with Gasteiger partial charge in [-0.2, -0.15) is 0 Å². The monoisotopic (exact) mass is 395 g/mol. The van der Waals surface area contributed by atoms with E-state index in [0.29, 0.717) is 28.6 Å². The van der Waals surface area contributed by atoms with Crippen LogP contribution >= 0.6 is 11.8 Å². The quantitative estimate of drug-likeness (QED) is 0.741. The Hall–Kier alpha value is -1.80. The van der Waals surface area contributed by atoms with Crippen LogP contribution in [0.25, 0.3) is 0 Å². The topological polar surface area (TPSA) is 88.1 Å². The number of ether oxygens (including phenoxy) is 1. The fraction of sp³-hybridized carbons (Fsp3) is 0.579. The number of nitrogen functional groups attached to an aromatic ring is 1. The van der Waals surface area contributed by atoms with Gasteiger partial charge in [0.15, 0.2) is 5.17 Å². The molecule has 0 radical (unpaired) electrons. The summed E-state index contributed by atoms with van der Waals surface area (Å²) in [6, 6.07) is 4.50. The Bertz CT molecular complexity index is 780. The lowest BCUT2D eigenvalue weighted by molar-refractivity contribution is 0.102. The number of benzene rings is 1. The van der Waals surface area contributed by atoms with Crippen molar-refractivity contribution in [2.45, 2.75) is 50.8 Å². The van der Waals surface area contributed by atoms with Crippen molar-refractivity contribution in [3.05, 3.63) is 29.6 Å². The summed E-state index contributed by atoms with van der Waals surface area (Å²) in [7, 11) is 1.64. The number of hydrogen-bond acceptors (Lipinski definition) is 5. The van der Waals surface area contributed by atoms with Crippen molar-refractivity contribution in [2.75, 3.05) is 18.6 Å². The first-order valence-corrected chi connectivity index (χ1v) is 9.91. The van der Waals surface area contributed by atoms with E-state index in [1.807, 2.05) is 20.8 Å². The molecule has 0 spiro atoms. The highest BCUT2D eigenvalue weighted by Gasteiger charge is 2.53. The lowest BCUT2D eigenvalue weighted by atomic mass is 9.81. The zero-order chi connectivity index (χ0) is 20.0. The van der Waals surface area contributed by atoms with Crippen LogP contribution in [0, 0.1) is 11.7 Å². The number of amidine groups is 1. The van der Waals surface area contributed by atoms with Crippen molar-refractivity contribution >= 4 is 28.7 Å². The van der Waals surface area contributed by atoms with E-state index in [-0.39, 0.29) is 17.8 Å². The number of halogens is 1. The van der Waals surface area contributed by atoms with Crippen molar-refractivity contribution in [3.63, 3.8) is 0 Å². The van der Waals surface area contributed by atoms with E-state index in [1.54, 1.807) is 13.2 Å². The maximum absolute atomic E-state index is 14.8. The van der Waals surface area contributed by atoms with E-state index in [2.05, 4.69) is 0 Å². The highest BCUT2D eigenvalue weighted by Crippen LogP contribution is 2.53. The van der Waals surface area contributed by atoms with E-state index in [0.717, 1.165) is 6.42 Å². The molecule has 148 valence electrons. The molecule has 1 amide bonds. The van der Waals surface area contributed by atoms with E-state index >= 15 is 0 Å². The third-order valence-corrected chi connectivity index (χ3v) is 6.42. The number of anilines is 1. The largest absolute Gasteiger partial charge is 0.465 e. The Labute approximate surface area is 163 Å². The molecule has 0 aromatic heterocycles. The molecule has 3 N–H and O–H groups in total. The molecular weight excluding hydrogens is 369 g/mol. The van der Waals surface area contributed by atoms with Gasteiger partial charge in [-0.3, -0.25) is 4.90 Å². The molecule has 2 aliphatic rings. The smallest absolute Gasteiger partial charge is 0.413 e. The Balaban J connectivity index is 2.18. The molecule has 27 heavy (non-hydrogen) atoms. The van der Waals surface area contributed by atoms with Crippen molar-refractivity contribution in [1.82, 2.24) is 4.90 Å². The third-order valence-electron chi connectivity index (χ3n) is 5.31. The molecule has 1 aliphatic carbocycles. The highest BCUT2D eigenvalue weighted by molar-refractivity contribution is 8.13. The van der Waals surface area contributed by atoms with Gasteiger partial charge in [0.1, 0.15) is 5.82 Å².